The van der Waals surface area contributed by atoms with E-state index in [-0.39, 0.29) is 23.7 Å². The monoisotopic (exact) mass is 211 g/mol. The van der Waals surface area contributed by atoms with Gasteiger partial charge in [0.15, 0.2) is 0 Å². The largest absolute Gasteiger partial charge is 0.330 e. The Balaban J connectivity index is 1.99. The van der Waals surface area contributed by atoms with E-state index < -0.39 is 0 Å². The van der Waals surface area contributed by atoms with Gasteiger partial charge in [0.1, 0.15) is 0 Å². The van der Waals surface area contributed by atoms with Crippen LogP contribution in [0, 0.1) is 11.8 Å². The molecule has 0 unspecified atom stereocenters. The van der Waals surface area contributed by atoms with Crippen LogP contribution < -0.4 is 5.73 Å². The molecule has 2 amide bonds. The molecule has 2 fully saturated rings. The Hall–Kier alpha value is -0.940. The third-order valence-electron chi connectivity index (χ3n) is 3.37. The molecule has 2 aliphatic rings. The normalized spacial score (nSPS) is 31.5. The molecule has 0 radical (unpaired) electrons. The topological polar surface area (TPSA) is 66.6 Å². The Morgan fingerprint density at radius 2 is 1.80 bits per heavy atom. The van der Waals surface area contributed by atoms with Crippen LogP contribution in [0.1, 0.15) is 6.42 Å². The molecule has 2 aliphatic heterocycles. The van der Waals surface area contributed by atoms with Crippen LogP contribution >= 0.6 is 0 Å². The molecule has 84 valence electrons. The zero-order valence-electron chi connectivity index (χ0n) is 8.98. The molecule has 5 nitrogen and oxygen atoms in total. The highest BCUT2D eigenvalue weighted by Gasteiger charge is 2.50. The second-order valence-corrected chi connectivity index (χ2v) is 4.35. The summed E-state index contributed by atoms with van der Waals surface area (Å²) in [4.78, 5) is 26.8. The third kappa shape index (κ3) is 1.66. The lowest BCUT2D eigenvalue weighted by molar-refractivity contribution is -0.138. The van der Waals surface area contributed by atoms with E-state index in [2.05, 4.69) is 4.90 Å². The Morgan fingerprint density at radius 1 is 1.27 bits per heavy atom. The molecule has 0 aromatic heterocycles. The van der Waals surface area contributed by atoms with Crippen LogP contribution in [-0.2, 0) is 9.59 Å². The summed E-state index contributed by atoms with van der Waals surface area (Å²) >= 11 is 0. The van der Waals surface area contributed by atoms with Gasteiger partial charge < -0.3 is 10.6 Å². The van der Waals surface area contributed by atoms with E-state index in [1.807, 2.05) is 0 Å². The highest BCUT2D eigenvalue weighted by molar-refractivity contribution is 6.05. The molecule has 2 atom stereocenters. The van der Waals surface area contributed by atoms with Crippen molar-refractivity contribution in [1.82, 2.24) is 9.80 Å². The molecule has 15 heavy (non-hydrogen) atoms. The van der Waals surface area contributed by atoms with E-state index in [4.69, 9.17) is 5.73 Å². The SMILES string of the molecule is CN1C(=O)[C@H]2CN(CCCN)C[C@H]2C1=O. The molecule has 0 aliphatic carbocycles. The van der Waals surface area contributed by atoms with E-state index in [1.165, 1.54) is 4.90 Å². The number of rotatable bonds is 3. The molecule has 2 saturated heterocycles. The number of nitrogens with two attached hydrogens (primary N) is 1. The van der Waals surface area contributed by atoms with Crippen molar-refractivity contribution in [2.45, 2.75) is 6.42 Å². The number of amides is 2. The van der Waals surface area contributed by atoms with E-state index >= 15 is 0 Å². The summed E-state index contributed by atoms with van der Waals surface area (Å²) in [7, 11) is 1.58. The van der Waals surface area contributed by atoms with Crippen LogP contribution in [-0.4, -0.2) is 54.8 Å². The van der Waals surface area contributed by atoms with Gasteiger partial charge in [0, 0.05) is 20.1 Å². The van der Waals surface area contributed by atoms with Crippen molar-refractivity contribution >= 4 is 11.8 Å². The molecule has 0 aromatic rings. The van der Waals surface area contributed by atoms with Crippen molar-refractivity contribution in [3.05, 3.63) is 0 Å². The predicted octanol–water partition coefficient (Wildman–Crippen LogP) is -1.12. The van der Waals surface area contributed by atoms with Crippen molar-refractivity contribution in [1.29, 1.82) is 0 Å². The number of imide groups is 1. The standard InChI is InChI=1S/C10H17N3O2/c1-12-9(14)7-5-13(4-2-3-11)6-8(7)10(12)15/h7-8H,2-6,11H2,1H3/t7-,8+. The van der Waals surface area contributed by atoms with Crippen molar-refractivity contribution in [2.75, 3.05) is 33.2 Å². The average molecular weight is 211 g/mol. The van der Waals surface area contributed by atoms with E-state index in [9.17, 15) is 9.59 Å². The molecule has 0 bridgehead atoms. The summed E-state index contributed by atoms with van der Waals surface area (Å²) in [5.41, 5.74) is 5.43. The summed E-state index contributed by atoms with van der Waals surface area (Å²) in [5, 5.41) is 0. The summed E-state index contributed by atoms with van der Waals surface area (Å²) < 4.78 is 0. The molecule has 2 rings (SSSR count). The summed E-state index contributed by atoms with van der Waals surface area (Å²) in [5.74, 6) is -0.221. The summed E-state index contributed by atoms with van der Waals surface area (Å²) in [6.45, 7) is 3.00. The number of carbonyl (C=O) groups excluding carboxylic acids is 2. The summed E-state index contributed by atoms with van der Waals surface area (Å²) in [6, 6.07) is 0. The smallest absolute Gasteiger partial charge is 0.234 e. The quantitative estimate of drug-likeness (QED) is 0.601. The van der Waals surface area contributed by atoms with Gasteiger partial charge >= 0.3 is 0 Å². The Labute approximate surface area is 89.2 Å². The Bertz CT molecular complexity index is 268. The van der Waals surface area contributed by atoms with Gasteiger partial charge in [0.05, 0.1) is 11.8 Å². The molecular weight excluding hydrogens is 194 g/mol. The highest BCUT2D eigenvalue weighted by atomic mass is 16.2. The van der Waals surface area contributed by atoms with Crippen molar-refractivity contribution in [2.24, 2.45) is 17.6 Å². The fourth-order valence-electron chi connectivity index (χ4n) is 2.49. The zero-order valence-corrected chi connectivity index (χ0v) is 8.98. The van der Waals surface area contributed by atoms with Crippen LogP contribution in [0.15, 0.2) is 0 Å². The first-order chi connectivity index (χ1) is 7.15. The first kappa shape index (κ1) is 10.6. The van der Waals surface area contributed by atoms with Gasteiger partial charge in [-0.2, -0.15) is 0 Å². The predicted molar refractivity (Wildman–Crippen MR) is 54.9 cm³/mol. The van der Waals surface area contributed by atoms with Crippen LogP contribution in [0.4, 0.5) is 0 Å². The molecule has 0 saturated carbocycles. The van der Waals surface area contributed by atoms with Crippen molar-refractivity contribution in [3.63, 3.8) is 0 Å². The zero-order chi connectivity index (χ0) is 11.0. The average Bonchev–Trinajstić information content (AvgIpc) is 2.73. The number of hydrogen-bond acceptors (Lipinski definition) is 4. The summed E-state index contributed by atoms with van der Waals surface area (Å²) in [6.07, 6.45) is 0.928. The van der Waals surface area contributed by atoms with Crippen LogP contribution in [0.5, 0.6) is 0 Å². The van der Waals surface area contributed by atoms with Gasteiger partial charge in [0.25, 0.3) is 0 Å². The number of fused-ring (bicyclic) bond motifs is 1. The lowest BCUT2D eigenvalue weighted by Gasteiger charge is -2.17. The highest BCUT2D eigenvalue weighted by Crippen LogP contribution is 2.32. The fraction of sp³-hybridized carbons (Fsp3) is 0.800. The van der Waals surface area contributed by atoms with Gasteiger partial charge in [-0.3, -0.25) is 14.5 Å². The Kier molecular flexibility index (Phi) is 2.75. The van der Waals surface area contributed by atoms with Crippen molar-refractivity contribution in [3.8, 4) is 0 Å². The van der Waals surface area contributed by atoms with E-state index in [1.54, 1.807) is 7.05 Å². The number of likely N-dealkylation sites (tertiary alicyclic amines) is 2. The molecule has 0 aromatic carbocycles. The number of hydrogen-bond donors (Lipinski definition) is 1. The lowest BCUT2D eigenvalue weighted by atomic mass is 10.00. The van der Waals surface area contributed by atoms with Gasteiger partial charge in [-0.05, 0) is 19.5 Å². The minimum atomic E-state index is -0.0970. The van der Waals surface area contributed by atoms with Crippen LogP contribution in [0.2, 0.25) is 0 Å². The molecule has 2 heterocycles. The van der Waals surface area contributed by atoms with E-state index in [0.717, 1.165) is 26.1 Å². The fourth-order valence-corrected chi connectivity index (χ4v) is 2.49. The lowest BCUT2D eigenvalue weighted by Crippen LogP contribution is -2.33. The van der Waals surface area contributed by atoms with Crippen molar-refractivity contribution < 1.29 is 9.59 Å². The third-order valence-corrected chi connectivity index (χ3v) is 3.37. The molecule has 0 spiro atoms. The number of nitrogens with zero attached hydrogens (tertiary/aromatic N) is 2. The molecule has 2 N–H and O–H groups in total. The van der Waals surface area contributed by atoms with Crippen LogP contribution in [0.25, 0.3) is 0 Å². The second-order valence-electron chi connectivity index (χ2n) is 4.35. The van der Waals surface area contributed by atoms with Gasteiger partial charge in [-0.1, -0.05) is 0 Å². The van der Waals surface area contributed by atoms with Gasteiger partial charge in [-0.15, -0.1) is 0 Å². The number of carbonyl (C=O) groups is 2. The first-order valence-electron chi connectivity index (χ1n) is 5.39. The van der Waals surface area contributed by atoms with Gasteiger partial charge in [-0.25, -0.2) is 0 Å². The maximum Gasteiger partial charge on any atom is 0.234 e. The first-order valence-corrected chi connectivity index (χ1v) is 5.39. The minimum absolute atomic E-state index is 0.0137. The van der Waals surface area contributed by atoms with Crippen LogP contribution in [0.3, 0.4) is 0 Å². The van der Waals surface area contributed by atoms with Gasteiger partial charge in [0.2, 0.25) is 11.8 Å². The maximum atomic E-state index is 11.7. The maximum absolute atomic E-state index is 11.7. The Morgan fingerprint density at radius 3 is 2.27 bits per heavy atom. The second kappa shape index (κ2) is 3.90. The molecule has 5 heteroatoms. The molecular formula is C10H17N3O2. The van der Waals surface area contributed by atoms with E-state index in [0.29, 0.717) is 6.54 Å². The minimum Gasteiger partial charge on any atom is -0.330 e.